The molecule has 1 saturated carbocycles. The lowest BCUT2D eigenvalue weighted by Crippen LogP contribution is -2.31. The van der Waals surface area contributed by atoms with E-state index in [-0.39, 0.29) is 0 Å². The smallest absolute Gasteiger partial charge is 0.0942 e. The highest BCUT2D eigenvalue weighted by molar-refractivity contribution is 7.99. The second-order valence-electron chi connectivity index (χ2n) is 5.07. The third kappa shape index (κ3) is 3.75. The van der Waals surface area contributed by atoms with Gasteiger partial charge in [0.2, 0.25) is 0 Å². The highest BCUT2D eigenvalue weighted by atomic mass is 32.2. The minimum absolute atomic E-state index is 0.602. The summed E-state index contributed by atoms with van der Waals surface area (Å²) < 4.78 is 1.98. The molecule has 0 aromatic carbocycles. The predicted molar refractivity (Wildman–Crippen MR) is 73.5 cm³/mol. The van der Waals surface area contributed by atoms with Crippen LogP contribution in [-0.2, 0) is 7.05 Å². The SMILES string of the molecule is Cc1cc(SC(C)CNC2CCCC2)n(C)n1. The third-order valence-corrected chi connectivity index (χ3v) is 4.52. The van der Waals surface area contributed by atoms with Crippen LogP contribution in [0.4, 0.5) is 0 Å². The van der Waals surface area contributed by atoms with E-state index >= 15 is 0 Å². The molecule has 1 fully saturated rings. The standard InChI is InChI=1S/C13H23N3S/c1-10-8-13(16(3)15-10)17-11(2)9-14-12-6-4-5-7-12/h8,11-12,14H,4-7,9H2,1-3H3. The van der Waals surface area contributed by atoms with Crippen molar-refractivity contribution in [3.05, 3.63) is 11.8 Å². The van der Waals surface area contributed by atoms with Crippen LogP contribution in [0, 0.1) is 6.92 Å². The summed E-state index contributed by atoms with van der Waals surface area (Å²) in [5.41, 5.74) is 1.10. The molecule has 1 aliphatic rings. The number of aryl methyl sites for hydroxylation is 2. The first-order valence-electron chi connectivity index (χ1n) is 6.56. The summed E-state index contributed by atoms with van der Waals surface area (Å²) in [6.45, 7) is 5.43. The van der Waals surface area contributed by atoms with Crippen molar-refractivity contribution in [2.24, 2.45) is 7.05 Å². The lowest BCUT2D eigenvalue weighted by Gasteiger charge is -2.16. The number of nitrogens with one attached hydrogen (secondary N) is 1. The fourth-order valence-corrected chi connectivity index (χ4v) is 3.43. The van der Waals surface area contributed by atoms with Gasteiger partial charge < -0.3 is 5.32 Å². The highest BCUT2D eigenvalue weighted by Gasteiger charge is 2.16. The lowest BCUT2D eigenvalue weighted by molar-refractivity contribution is 0.527. The van der Waals surface area contributed by atoms with Crippen molar-refractivity contribution in [3.63, 3.8) is 0 Å². The van der Waals surface area contributed by atoms with E-state index in [1.54, 1.807) is 0 Å². The van der Waals surface area contributed by atoms with Crippen molar-refractivity contribution in [2.45, 2.75) is 55.8 Å². The molecule has 0 aliphatic heterocycles. The number of aromatic nitrogens is 2. The van der Waals surface area contributed by atoms with Crippen LogP contribution >= 0.6 is 11.8 Å². The first kappa shape index (κ1) is 13.0. The van der Waals surface area contributed by atoms with Gasteiger partial charge in [0.25, 0.3) is 0 Å². The van der Waals surface area contributed by atoms with Gasteiger partial charge in [0.1, 0.15) is 0 Å². The van der Waals surface area contributed by atoms with Crippen molar-refractivity contribution in [1.29, 1.82) is 0 Å². The molecule has 1 aromatic rings. The van der Waals surface area contributed by atoms with Crippen LogP contribution in [0.25, 0.3) is 0 Å². The first-order chi connectivity index (χ1) is 8.15. The van der Waals surface area contributed by atoms with Crippen LogP contribution in [0.1, 0.15) is 38.3 Å². The van der Waals surface area contributed by atoms with Crippen molar-refractivity contribution >= 4 is 11.8 Å². The van der Waals surface area contributed by atoms with Gasteiger partial charge in [-0.25, -0.2) is 0 Å². The summed E-state index contributed by atoms with van der Waals surface area (Å²) >= 11 is 1.91. The summed E-state index contributed by atoms with van der Waals surface area (Å²) in [6.07, 6.45) is 5.53. The third-order valence-electron chi connectivity index (χ3n) is 3.33. The largest absolute Gasteiger partial charge is 0.313 e. The van der Waals surface area contributed by atoms with Gasteiger partial charge in [-0.15, -0.1) is 11.8 Å². The van der Waals surface area contributed by atoms with E-state index in [1.165, 1.54) is 30.7 Å². The van der Waals surface area contributed by atoms with Crippen LogP contribution in [-0.4, -0.2) is 27.6 Å². The molecule has 17 heavy (non-hydrogen) atoms. The summed E-state index contributed by atoms with van der Waals surface area (Å²) in [5, 5.41) is 9.92. The van der Waals surface area contributed by atoms with Crippen LogP contribution in [0.15, 0.2) is 11.1 Å². The number of rotatable bonds is 5. The van der Waals surface area contributed by atoms with Gasteiger partial charge in [0.05, 0.1) is 10.7 Å². The molecule has 96 valence electrons. The molecule has 0 amide bonds. The highest BCUT2D eigenvalue weighted by Crippen LogP contribution is 2.24. The van der Waals surface area contributed by atoms with Crippen LogP contribution in [0.5, 0.6) is 0 Å². The second kappa shape index (κ2) is 5.91. The Kier molecular flexibility index (Phi) is 4.51. The Morgan fingerprint density at radius 3 is 2.82 bits per heavy atom. The molecule has 0 spiro atoms. The molecule has 2 rings (SSSR count). The molecule has 3 nitrogen and oxygen atoms in total. The number of thioether (sulfide) groups is 1. The first-order valence-corrected chi connectivity index (χ1v) is 7.44. The maximum absolute atomic E-state index is 4.38. The monoisotopic (exact) mass is 253 g/mol. The average molecular weight is 253 g/mol. The van der Waals surface area contributed by atoms with Crippen molar-refractivity contribution in [2.75, 3.05) is 6.54 Å². The summed E-state index contributed by atoms with van der Waals surface area (Å²) in [7, 11) is 2.02. The molecule has 0 radical (unpaired) electrons. The van der Waals surface area contributed by atoms with E-state index in [2.05, 4.69) is 23.4 Å². The van der Waals surface area contributed by atoms with Gasteiger partial charge in [-0.1, -0.05) is 19.8 Å². The molecule has 1 aliphatic carbocycles. The van der Waals surface area contributed by atoms with Crippen molar-refractivity contribution in [3.8, 4) is 0 Å². The number of hydrogen-bond donors (Lipinski definition) is 1. The molecule has 4 heteroatoms. The minimum atomic E-state index is 0.602. The summed E-state index contributed by atoms with van der Waals surface area (Å²) in [5.74, 6) is 0. The van der Waals surface area contributed by atoms with Gasteiger partial charge in [-0.3, -0.25) is 4.68 Å². The van der Waals surface area contributed by atoms with E-state index in [0.29, 0.717) is 5.25 Å². The Bertz CT molecular complexity index is 356. The molecule has 1 aromatic heterocycles. The topological polar surface area (TPSA) is 29.9 Å². The number of hydrogen-bond acceptors (Lipinski definition) is 3. The van der Waals surface area contributed by atoms with E-state index in [4.69, 9.17) is 0 Å². The Morgan fingerprint density at radius 2 is 2.24 bits per heavy atom. The fourth-order valence-electron chi connectivity index (χ4n) is 2.41. The Labute approximate surface area is 108 Å². The molecular formula is C13H23N3S. The molecule has 0 bridgehead atoms. The van der Waals surface area contributed by atoms with Gasteiger partial charge >= 0.3 is 0 Å². The second-order valence-corrected chi connectivity index (χ2v) is 6.52. The van der Waals surface area contributed by atoms with Crippen molar-refractivity contribution < 1.29 is 0 Å². The van der Waals surface area contributed by atoms with Gasteiger partial charge in [0.15, 0.2) is 0 Å². The molecule has 1 unspecified atom stereocenters. The molecule has 1 atom stereocenters. The lowest BCUT2D eigenvalue weighted by atomic mass is 10.2. The zero-order valence-electron chi connectivity index (χ0n) is 11.1. The van der Waals surface area contributed by atoms with E-state index in [1.807, 2.05) is 30.4 Å². The van der Waals surface area contributed by atoms with Crippen LogP contribution in [0.3, 0.4) is 0 Å². The van der Waals surface area contributed by atoms with Gasteiger partial charge in [-0.2, -0.15) is 5.10 Å². The molecule has 1 heterocycles. The fraction of sp³-hybridized carbons (Fsp3) is 0.769. The maximum atomic E-state index is 4.38. The summed E-state index contributed by atoms with van der Waals surface area (Å²) in [4.78, 5) is 0. The van der Waals surface area contributed by atoms with Gasteiger partial charge in [-0.05, 0) is 25.8 Å². The summed E-state index contributed by atoms with van der Waals surface area (Å²) in [6, 6.07) is 2.93. The van der Waals surface area contributed by atoms with Crippen LogP contribution < -0.4 is 5.32 Å². The van der Waals surface area contributed by atoms with E-state index in [0.717, 1.165) is 18.3 Å². The predicted octanol–water partition coefficient (Wildman–Crippen LogP) is 2.74. The maximum Gasteiger partial charge on any atom is 0.0942 e. The molecule has 1 N–H and O–H groups in total. The van der Waals surface area contributed by atoms with Crippen LogP contribution in [0.2, 0.25) is 0 Å². The number of nitrogens with zero attached hydrogens (tertiary/aromatic N) is 2. The van der Waals surface area contributed by atoms with Gasteiger partial charge in [0, 0.05) is 24.9 Å². The Balaban J connectivity index is 1.76. The molecule has 0 saturated heterocycles. The quantitative estimate of drug-likeness (QED) is 0.818. The van der Waals surface area contributed by atoms with E-state index < -0.39 is 0 Å². The normalized spacial score (nSPS) is 18.8. The molecular weight excluding hydrogens is 230 g/mol. The zero-order chi connectivity index (χ0) is 12.3. The van der Waals surface area contributed by atoms with Crippen molar-refractivity contribution in [1.82, 2.24) is 15.1 Å². The minimum Gasteiger partial charge on any atom is -0.313 e. The van der Waals surface area contributed by atoms with E-state index in [9.17, 15) is 0 Å². The average Bonchev–Trinajstić information content (AvgIpc) is 2.87. The zero-order valence-corrected chi connectivity index (χ0v) is 11.9. The Morgan fingerprint density at radius 1 is 1.53 bits per heavy atom. The Hall–Kier alpha value is -0.480.